The van der Waals surface area contributed by atoms with Crippen LogP contribution >= 0.6 is 0 Å². The van der Waals surface area contributed by atoms with E-state index in [1.165, 1.54) is 0 Å². The molecule has 2 fully saturated rings. The Hall–Kier alpha value is -0.200. The molecule has 2 heterocycles. The number of hydrogen-bond donors (Lipinski definition) is 2. The summed E-state index contributed by atoms with van der Waals surface area (Å²) < 4.78 is 16.0. The third kappa shape index (κ3) is 1.47. The third-order valence-corrected chi connectivity index (χ3v) is 2.29. The lowest BCUT2D eigenvalue weighted by molar-refractivity contribution is -0.218. The molecule has 0 aromatic carbocycles. The van der Waals surface area contributed by atoms with Crippen molar-refractivity contribution in [3.63, 3.8) is 0 Å². The van der Waals surface area contributed by atoms with Gasteiger partial charge in [0.05, 0.1) is 6.61 Å². The largest absolute Gasteiger partial charge is 0.394 e. The molecule has 0 saturated carbocycles. The fourth-order valence-corrected chi connectivity index (χ4v) is 1.71. The molecule has 76 valence electrons. The van der Waals surface area contributed by atoms with Gasteiger partial charge >= 0.3 is 0 Å². The summed E-state index contributed by atoms with van der Waals surface area (Å²) in [5.74, 6) is -0.712. The smallest absolute Gasteiger partial charge is 0.190 e. The van der Waals surface area contributed by atoms with Crippen molar-refractivity contribution < 1.29 is 24.4 Å². The molecule has 2 aliphatic rings. The second-order valence-corrected chi connectivity index (χ2v) is 3.82. The van der Waals surface area contributed by atoms with Crippen molar-refractivity contribution in [2.75, 3.05) is 6.61 Å². The molecule has 0 bridgehead atoms. The molecule has 5 nitrogen and oxygen atoms in total. The fraction of sp³-hybridized carbons (Fsp3) is 1.00. The van der Waals surface area contributed by atoms with Gasteiger partial charge in [0.25, 0.3) is 0 Å². The maximum Gasteiger partial charge on any atom is 0.190 e. The van der Waals surface area contributed by atoms with E-state index in [2.05, 4.69) is 0 Å². The molecule has 2 aliphatic heterocycles. The number of ether oxygens (including phenoxy) is 3. The van der Waals surface area contributed by atoms with E-state index < -0.39 is 30.4 Å². The Balaban J connectivity index is 2.07. The highest BCUT2D eigenvalue weighted by molar-refractivity contribution is 4.92. The Bertz CT molecular complexity index is 205. The van der Waals surface area contributed by atoms with Crippen LogP contribution in [0.5, 0.6) is 0 Å². The van der Waals surface area contributed by atoms with E-state index in [0.717, 1.165) is 0 Å². The molecule has 0 spiro atoms. The lowest BCUT2D eigenvalue weighted by Crippen LogP contribution is -2.36. The van der Waals surface area contributed by atoms with Crippen LogP contribution < -0.4 is 0 Å². The molecule has 2 N–H and O–H groups in total. The van der Waals surface area contributed by atoms with Crippen molar-refractivity contribution in [2.24, 2.45) is 0 Å². The van der Waals surface area contributed by atoms with Crippen LogP contribution in [0.3, 0.4) is 0 Å². The molecule has 2 saturated heterocycles. The molecule has 13 heavy (non-hydrogen) atoms. The van der Waals surface area contributed by atoms with Crippen molar-refractivity contribution in [3.05, 3.63) is 0 Å². The molecule has 0 aromatic rings. The summed E-state index contributed by atoms with van der Waals surface area (Å²) in [7, 11) is 0. The number of rotatable bonds is 1. The summed E-state index contributed by atoms with van der Waals surface area (Å²) in [6.45, 7) is 3.30. The number of aliphatic hydroxyl groups is 2. The SMILES string of the molecule is CC1(C)O[C@@H]2O[C@H](CO)[C@@H](O)[C@H]2O1. The summed E-state index contributed by atoms with van der Waals surface area (Å²) in [5, 5.41) is 18.4. The number of aliphatic hydroxyl groups excluding tert-OH is 2. The van der Waals surface area contributed by atoms with E-state index in [4.69, 9.17) is 19.3 Å². The summed E-state index contributed by atoms with van der Waals surface area (Å²) in [6, 6.07) is 0. The van der Waals surface area contributed by atoms with Crippen molar-refractivity contribution >= 4 is 0 Å². The Morgan fingerprint density at radius 2 is 2.00 bits per heavy atom. The normalized spacial score (nSPS) is 48.0. The second-order valence-electron chi connectivity index (χ2n) is 3.82. The fourth-order valence-electron chi connectivity index (χ4n) is 1.71. The standard InChI is InChI=1S/C8H14O5/c1-8(2)12-6-5(10)4(3-9)11-7(6)13-8/h4-7,9-10H,3H2,1-2H3/t4-,5-,6-,7+/m1/s1. The van der Waals surface area contributed by atoms with Crippen LogP contribution in [0.2, 0.25) is 0 Å². The molecular weight excluding hydrogens is 176 g/mol. The van der Waals surface area contributed by atoms with Crippen molar-refractivity contribution in [2.45, 2.75) is 44.2 Å². The minimum absolute atomic E-state index is 0.221. The van der Waals surface area contributed by atoms with Crippen LogP contribution in [0.1, 0.15) is 13.8 Å². The van der Waals surface area contributed by atoms with Crippen LogP contribution in [0.25, 0.3) is 0 Å². The molecule has 0 radical (unpaired) electrons. The zero-order valence-corrected chi connectivity index (χ0v) is 7.64. The predicted octanol–water partition coefficient (Wildman–Crippen LogP) is -0.784. The van der Waals surface area contributed by atoms with E-state index >= 15 is 0 Å². The van der Waals surface area contributed by atoms with Crippen LogP contribution in [0, 0.1) is 0 Å². The van der Waals surface area contributed by atoms with Crippen LogP contribution in [-0.4, -0.2) is 47.2 Å². The average molecular weight is 190 g/mol. The van der Waals surface area contributed by atoms with Gasteiger partial charge in [-0.05, 0) is 13.8 Å². The van der Waals surface area contributed by atoms with E-state index in [1.54, 1.807) is 13.8 Å². The van der Waals surface area contributed by atoms with E-state index in [9.17, 15) is 5.11 Å². The molecule has 0 amide bonds. The number of hydrogen-bond acceptors (Lipinski definition) is 5. The van der Waals surface area contributed by atoms with Gasteiger partial charge in [-0.2, -0.15) is 0 Å². The zero-order chi connectivity index (χ0) is 9.64. The van der Waals surface area contributed by atoms with Crippen molar-refractivity contribution in [3.8, 4) is 0 Å². The first-order chi connectivity index (χ1) is 6.03. The summed E-state index contributed by atoms with van der Waals surface area (Å²) >= 11 is 0. The molecular formula is C8H14O5. The Labute approximate surface area is 76.2 Å². The Kier molecular flexibility index (Phi) is 2.08. The van der Waals surface area contributed by atoms with Gasteiger partial charge in [0.1, 0.15) is 18.3 Å². The highest BCUT2D eigenvalue weighted by Gasteiger charge is 2.53. The summed E-state index contributed by atoms with van der Waals surface area (Å²) in [5.41, 5.74) is 0. The molecule has 0 aromatic heterocycles. The number of fused-ring (bicyclic) bond motifs is 1. The monoisotopic (exact) mass is 190 g/mol. The highest BCUT2D eigenvalue weighted by Crippen LogP contribution is 2.36. The quantitative estimate of drug-likeness (QED) is 0.567. The molecule has 0 aliphatic carbocycles. The lowest BCUT2D eigenvalue weighted by atomic mass is 10.1. The van der Waals surface area contributed by atoms with E-state index in [-0.39, 0.29) is 6.61 Å². The van der Waals surface area contributed by atoms with Crippen LogP contribution in [-0.2, 0) is 14.2 Å². The maximum absolute atomic E-state index is 9.60. The van der Waals surface area contributed by atoms with Gasteiger partial charge in [-0.15, -0.1) is 0 Å². The van der Waals surface area contributed by atoms with Gasteiger partial charge < -0.3 is 24.4 Å². The minimum atomic E-state index is -0.809. The van der Waals surface area contributed by atoms with Gasteiger partial charge in [0.2, 0.25) is 0 Å². The topological polar surface area (TPSA) is 68.2 Å². The highest BCUT2D eigenvalue weighted by atomic mass is 16.8. The first-order valence-electron chi connectivity index (χ1n) is 4.33. The third-order valence-electron chi connectivity index (χ3n) is 2.29. The molecule has 0 unspecified atom stereocenters. The maximum atomic E-state index is 9.60. The van der Waals surface area contributed by atoms with Gasteiger partial charge in [-0.3, -0.25) is 0 Å². The van der Waals surface area contributed by atoms with Gasteiger partial charge in [-0.1, -0.05) is 0 Å². The van der Waals surface area contributed by atoms with Crippen molar-refractivity contribution in [1.82, 2.24) is 0 Å². The van der Waals surface area contributed by atoms with Crippen molar-refractivity contribution in [1.29, 1.82) is 0 Å². The van der Waals surface area contributed by atoms with Crippen LogP contribution in [0.15, 0.2) is 0 Å². The first kappa shape index (κ1) is 9.36. The van der Waals surface area contributed by atoms with E-state index in [0.29, 0.717) is 0 Å². The molecule has 2 rings (SSSR count). The minimum Gasteiger partial charge on any atom is -0.394 e. The average Bonchev–Trinajstić information content (AvgIpc) is 2.47. The van der Waals surface area contributed by atoms with Gasteiger partial charge in [-0.25, -0.2) is 0 Å². The summed E-state index contributed by atoms with van der Waals surface area (Å²) in [4.78, 5) is 0. The Morgan fingerprint density at radius 1 is 1.31 bits per heavy atom. The van der Waals surface area contributed by atoms with Crippen LogP contribution in [0.4, 0.5) is 0 Å². The summed E-state index contributed by atoms with van der Waals surface area (Å²) in [6.07, 6.45) is -2.43. The lowest BCUT2D eigenvalue weighted by Gasteiger charge is -2.21. The zero-order valence-electron chi connectivity index (χ0n) is 7.64. The van der Waals surface area contributed by atoms with E-state index in [1.807, 2.05) is 0 Å². The molecule has 5 heteroatoms. The first-order valence-corrected chi connectivity index (χ1v) is 4.33. The Morgan fingerprint density at radius 3 is 2.54 bits per heavy atom. The second kappa shape index (κ2) is 2.90. The predicted molar refractivity (Wildman–Crippen MR) is 41.8 cm³/mol. The van der Waals surface area contributed by atoms with Gasteiger partial charge in [0.15, 0.2) is 12.1 Å². The van der Waals surface area contributed by atoms with Gasteiger partial charge in [0, 0.05) is 0 Å². The molecule has 4 atom stereocenters.